The van der Waals surface area contributed by atoms with Gasteiger partial charge in [-0.25, -0.2) is 9.79 Å². The van der Waals surface area contributed by atoms with Crippen LogP contribution in [0.1, 0.15) is 16.9 Å². The standard InChI is InChI=1S/C12H11NO2/c1-8-9(2)15-12-10(6-13-7-14)4-3-5-11(8)12/h3-5H,6H2,1-2H3. The first-order valence-corrected chi connectivity index (χ1v) is 4.75. The van der Waals surface area contributed by atoms with Crippen molar-refractivity contribution in [1.82, 2.24) is 0 Å². The zero-order valence-electron chi connectivity index (χ0n) is 8.70. The Morgan fingerprint density at radius 3 is 2.93 bits per heavy atom. The van der Waals surface area contributed by atoms with Gasteiger partial charge in [-0.3, -0.25) is 0 Å². The lowest BCUT2D eigenvalue weighted by Crippen LogP contribution is -1.81. The van der Waals surface area contributed by atoms with Gasteiger partial charge in [0, 0.05) is 10.9 Å². The summed E-state index contributed by atoms with van der Waals surface area (Å²) in [6.07, 6.45) is 1.54. The molecule has 0 spiro atoms. The minimum atomic E-state index is 0.327. The number of carbonyl (C=O) groups excluding carboxylic acids is 1. The number of benzene rings is 1. The highest BCUT2D eigenvalue weighted by atomic mass is 16.3. The number of furan rings is 1. The quantitative estimate of drug-likeness (QED) is 0.553. The Balaban J connectivity index is 2.65. The number of hydrogen-bond donors (Lipinski definition) is 0. The van der Waals surface area contributed by atoms with Crippen molar-refractivity contribution in [2.24, 2.45) is 4.99 Å². The van der Waals surface area contributed by atoms with Crippen LogP contribution in [0.3, 0.4) is 0 Å². The topological polar surface area (TPSA) is 42.6 Å². The number of hydrogen-bond acceptors (Lipinski definition) is 3. The molecule has 3 nitrogen and oxygen atoms in total. The number of fused-ring (bicyclic) bond motifs is 1. The number of nitrogens with zero attached hydrogens (tertiary/aromatic N) is 1. The Morgan fingerprint density at radius 1 is 1.40 bits per heavy atom. The summed E-state index contributed by atoms with van der Waals surface area (Å²) >= 11 is 0. The van der Waals surface area contributed by atoms with Gasteiger partial charge < -0.3 is 4.42 Å². The van der Waals surface area contributed by atoms with Gasteiger partial charge in [-0.1, -0.05) is 18.2 Å². The van der Waals surface area contributed by atoms with Crippen molar-refractivity contribution in [3.63, 3.8) is 0 Å². The zero-order valence-corrected chi connectivity index (χ0v) is 8.70. The maximum absolute atomic E-state index is 10.1. The van der Waals surface area contributed by atoms with E-state index in [0.717, 1.165) is 27.9 Å². The maximum atomic E-state index is 10.1. The molecule has 0 amide bonds. The fraction of sp³-hybridized carbons (Fsp3) is 0.250. The van der Waals surface area contributed by atoms with Crippen LogP contribution >= 0.6 is 0 Å². The summed E-state index contributed by atoms with van der Waals surface area (Å²) in [4.78, 5) is 13.6. The lowest BCUT2D eigenvalue weighted by atomic mass is 10.1. The molecule has 0 atom stereocenters. The Labute approximate surface area is 87.4 Å². The Hall–Kier alpha value is -1.86. The third-order valence-electron chi connectivity index (χ3n) is 2.60. The van der Waals surface area contributed by atoms with Crippen molar-refractivity contribution < 1.29 is 9.21 Å². The average molecular weight is 201 g/mol. The van der Waals surface area contributed by atoms with Gasteiger partial charge in [0.2, 0.25) is 6.08 Å². The molecule has 1 aromatic carbocycles. The number of aliphatic imine (C=N–C) groups is 1. The summed E-state index contributed by atoms with van der Waals surface area (Å²) in [6.45, 7) is 4.28. The SMILES string of the molecule is Cc1oc2c(CN=C=O)cccc2c1C. The van der Waals surface area contributed by atoms with Gasteiger partial charge in [0.05, 0.1) is 6.54 Å². The van der Waals surface area contributed by atoms with Gasteiger partial charge in [-0.2, -0.15) is 0 Å². The second kappa shape index (κ2) is 3.71. The lowest BCUT2D eigenvalue weighted by molar-refractivity contribution is 0.561. The number of rotatable bonds is 2. The van der Waals surface area contributed by atoms with Gasteiger partial charge in [0.1, 0.15) is 11.3 Å². The molecule has 3 heteroatoms. The molecule has 0 N–H and O–H groups in total. The van der Waals surface area contributed by atoms with Crippen molar-refractivity contribution in [1.29, 1.82) is 0 Å². The molecular weight excluding hydrogens is 190 g/mol. The van der Waals surface area contributed by atoms with Crippen LogP contribution in [0, 0.1) is 13.8 Å². The van der Waals surface area contributed by atoms with Gasteiger partial charge in [0.15, 0.2) is 0 Å². The molecule has 0 unspecified atom stereocenters. The second-order valence-electron chi connectivity index (χ2n) is 3.48. The van der Waals surface area contributed by atoms with E-state index in [1.54, 1.807) is 0 Å². The first kappa shape index (κ1) is 9.69. The van der Waals surface area contributed by atoms with E-state index in [9.17, 15) is 4.79 Å². The summed E-state index contributed by atoms with van der Waals surface area (Å²) in [5.41, 5.74) is 2.89. The van der Waals surface area contributed by atoms with Gasteiger partial charge in [-0.05, 0) is 19.4 Å². The number of para-hydroxylation sites is 1. The summed E-state index contributed by atoms with van der Waals surface area (Å²) in [6, 6.07) is 5.86. The van der Waals surface area contributed by atoms with Crippen molar-refractivity contribution in [2.75, 3.05) is 0 Å². The van der Waals surface area contributed by atoms with Crippen LogP contribution in [0.4, 0.5) is 0 Å². The third kappa shape index (κ3) is 1.58. The average Bonchev–Trinajstić information content (AvgIpc) is 2.53. The minimum Gasteiger partial charge on any atom is -0.461 e. The smallest absolute Gasteiger partial charge is 0.235 e. The van der Waals surface area contributed by atoms with E-state index in [-0.39, 0.29) is 0 Å². The van der Waals surface area contributed by atoms with Crippen LogP contribution in [0.25, 0.3) is 11.0 Å². The van der Waals surface area contributed by atoms with Crippen LogP contribution in [0.2, 0.25) is 0 Å². The molecule has 2 rings (SSSR count). The molecular formula is C12H11NO2. The van der Waals surface area contributed by atoms with Crippen LogP contribution < -0.4 is 0 Å². The highest BCUT2D eigenvalue weighted by Crippen LogP contribution is 2.27. The van der Waals surface area contributed by atoms with Crippen molar-refractivity contribution >= 4 is 17.0 Å². The molecule has 0 aliphatic rings. The zero-order chi connectivity index (χ0) is 10.8. The fourth-order valence-electron chi connectivity index (χ4n) is 1.66. The van der Waals surface area contributed by atoms with Crippen LogP contribution in [-0.2, 0) is 11.3 Å². The fourth-order valence-corrected chi connectivity index (χ4v) is 1.66. The summed E-state index contributed by atoms with van der Waals surface area (Å²) in [5, 5.41) is 1.09. The largest absolute Gasteiger partial charge is 0.461 e. The van der Waals surface area contributed by atoms with Crippen molar-refractivity contribution in [3.8, 4) is 0 Å². The van der Waals surface area contributed by atoms with Crippen LogP contribution in [-0.4, -0.2) is 6.08 Å². The maximum Gasteiger partial charge on any atom is 0.235 e. The van der Waals surface area contributed by atoms with Crippen LogP contribution in [0.15, 0.2) is 27.6 Å². The van der Waals surface area contributed by atoms with E-state index in [0.29, 0.717) is 6.54 Å². The van der Waals surface area contributed by atoms with Gasteiger partial charge in [0.25, 0.3) is 0 Å². The highest BCUT2D eigenvalue weighted by molar-refractivity contribution is 5.84. The lowest BCUT2D eigenvalue weighted by Gasteiger charge is -1.96. The molecule has 76 valence electrons. The molecule has 0 aliphatic carbocycles. The molecule has 0 bridgehead atoms. The molecule has 0 aliphatic heterocycles. The number of aryl methyl sites for hydroxylation is 2. The normalized spacial score (nSPS) is 10.3. The Bertz CT molecular complexity index is 548. The summed E-state index contributed by atoms with van der Waals surface area (Å²) in [7, 11) is 0. The monoisotopic (exact) mass is 201 g/mol. The summed E-state index contributed by atoms with van der Waals surface area (Å²) in [5.74, 6) is 0.910. The highest BCUT2D eigenvalue weighted by Gasteiger charge is 2.09. The Morgan fingerprint density at radius 2 is 2.20 bits per heavy atom. The van der Waals surface area contributed by atoms with E-state index < -0.39 is 0 Å². The molecule has 0 fully saturated rings. The van der Waals surface area contributed by atoms with Crippen LogP contribution in [0.5, 0.6) is 0 Å². The van der Waals surface area contributed by atoms with E-state index >= 15 is 0 Å². The van der Waals surface area contributed by atoms with Crippen molar-refractivity contribution in [3.05, 3.63) is 35.1 Å². The first-order valence-electron chi connectivity index (χ1n) is 4.75. The van der Waals surface area contributed by atoms with Gasteiger partial charge in [-0.15, -0.1) is 0 Å². The van der Waals surface area contributed by atoms with E-state index in [4.69, 9.17) is 4.42 Å². The first-order chi connectivity index (χ1) is 7.24. The van der Waals surface area contributed by atoms with E-state index in [1.165, 1.54) is 6.08 Å². The minimum absolute atomic E-state index is 0.327. The molecule has 0 saturated heterocycles. The Kier molecular flexibility index (Phi) is 2.40. The molecule has 0 saturated carbocycles. The predicted molar refractivity (Wildman–Crippen MR) is 57.5 cm³/mol. The molecule has 15 heavy (non-hydrogen) atoms. The predicted octanol–water partition coefficient (Wildman–Crippen LogP) is 2.89. The van der Waals surface area contributed by atoms with Crippen molar-refractivity contribution in [2.45, 2.75) is 20.4 Å². The summed E-state index contributed by atoms with van der Waals surface area (Å²) < 4.78 is 5.64. The van der Waals surface area contributed by atoms with Gasteiger partial charge >= 0.3 is 0 Å². The second-order valence-corrected chi connectivity index (χ2v) is 3.48. The molecule has 0 radical (unpaired) electrons. The van der Waals surface area contributed by atoms with E-state index in [2.05, 4.69) is 4.99 Å². The third-order valence-corrected chi connectivity index (χ3v) is 2.60. The molecule has 1 heterocycles. The molecule has 1 aromatic heterocycles. The molecule has 2 aromatic rings. The van der Waals surface area contributed by atoms with E-state index in [1.807, 2.05) is 32.0 Å². The number of isocyanates is 1.